The summed E-state index contributed by atoms with van der Waals surface area (Å²) in [6, 6.07) is 10.4. The summed E-state index contributed by atoms with van der Waals surface area (Å²) in [6.45, 7) is 0. The van der Waals surface area contributed by atoms with E-state index in [1.165, 1.54) is 18.4 Å². The van der Waals surface area contributed by atoms with Crippen LogP contribution in [0.5, 0.6) is 0 Å². The SMILES string of the molecule is OB1C[C@H]2CCC[C@@]2(c2ccccc2)O1. The molecular weight excluding hydrogens is 187 g/mol. The zero-order chi connectivity index (χ0) is 10.3. The molecule has 0 aromatic heterocycles. The van der Waals surface area contributed by atoms with Gasteiger partial charge in [-0.25, -0.2) is 0 Å². The van der Waals surface area contributed by atoms with Crippen molar-refractivity contribution in [1.29, 1.82) is 0 Å². The Labute approximate surface area is 90.4 Å². The fourth-order valence-electron chi connectivity index (χ4n) is 3.21. The first kappa shape index (κ1) is 9.43. The highest BCUT2D eigenvalue weighted by atomic mass is 16.5. The van der Waals surface area contributed by atoms with Crippen molar-refractivity contribution in [3.05, 3.63) is 35.9 Å². The van der Waals surface area contributed by atoms with E-state index in [0.717, 1.165) is 12.7 Å². The third kappa shape index (κ3) is 1.34. The molecule has 2 fully saturated rings. The Morgan fingerprint density at radius 2 is 2.13 bits per heavy atom. The largest absolute Gasteiger partial charge is 0.455 e. The summed E-state index contributed by atoms with van der Waals surface area (Å²) in [5, 5.41) is 9.64. The quantitative estimate of drug-likeness (QED) is 0.707. The van der Waals surface area contributed by atoms with Gasteiger partial charge in [0.1, 0.15) is 0 Å². The molecule has 1 aliphatic heterocycles. The molecule has 2 atom stereocenters. The van der Waals surface area contributed by atoms with Crippen LogP contribution in [0.25, 0.3) is 0 Å². The second kappa shape index (κ2) is 3.36. The topological polar surface area (TPSA) is 29.5 Å². The summed E-state index contributed by atoms with van der Waals surface area (Å²) in [7, 11) is -0.560. The highest BCUT2D eigenvalue weighted by molar-refractivity contribution is 6.43. The van der Waals surface area contributed by atoms with Crippen LogP contribution in [0, 0.1) is 5.92 Å². The van der Waals surface area contributed by atoms with Crippen LogP contribution in [0.4, 0.5) is 0 Å². The molecule has 1 aromatic carbocycles. The van der Waals surface area contributed by atoms with E-state index in [2.05, 4.69) is 12.1 Å². The van der Waals surface area contributed by atoms with E-state index in [4.69, 9.17) is 4.65 Å². The van der Waals surface area contributed by atoms with Crippen LogP contribution in [-0.4, -0.2) is 12.1 Å². The number of fused-ring (bicyclic) bond motifs is 1. The first-order valence-corrected chi connectivity index (χ1v) is 5.73. The van der Waals surface area contributed by atoms with Crippen molar-refractivity contribution in [1.82, 2.24) is 0 Å². The summed E-state index contributed by atoms with van der Waals surface area (Å²) >= 11 is 0. The summed E-state index contributed by atoms with van der Waals surface area (Å²) in [6.07, 6.45) is 4.26. The van der Waals surface area contributed by atoms with E-state index < -0.39 is 7.12 Å². The van der Waals surface area contributed by atoms with Crippen molar-refractivity contribution < 1.29 is 9.68 Å². The number of benzene rings is 1. The van der Waals surface area contributed by atoms with Crippen LogP contribution in [0.3, 0.4) is 0 Å². The van der Waals surface area contributed by atoms with Gasteiger partial charge in [-0.3, -0.25) is 0 Å². The maximum atomic E-state index is 9.64. The van der Waals surface area contributed by atoms with E-state index in [0.29, 0.717) is 5.92 Å². The lowest BCUT2D eigenvalue weighted by Crippen LogP contribution is -2.29. The maximum Gasteiger partial charge on any atom is 0.455 e. The standard InChI is InChI=1S/C12H15BO2/c14-13-9-11-7-4-8-12(11,15-13)10-5-2-1-3-6-10/h1-3,5-6,11,14H,4,7-9H2/t11-,12+/m1/s1. The molecule has 0 unspecified atom stereocenters. The van der Waals surface area contributed by atoms with Crippen LogP contribution in [0.2, 0.25) is 6.32 Å². The van der Waals surface area contributed by atoms with Gasteiger partial charge in [-0.15, -0.1) is 0 Å². The first-order chi connectivity index (χ1) is 7.31. The van der Waals surface area contributed by atoms with Crippen molar-refractivity contribution in [2.24, 2.45) is 5.92 Å². The van der Waals surface area contributed by atoms with Crippen molar-refractivity contribution in [2.75, 3.05) is 0 Å². The molecule has 78 valence electrons. The van der Waals surface area contributed by atoms with Crippen LogP contribution < -0.4 is 0 Å². The summed E-state index contributed by atoms with van der Waals surface area (Å²) in [5.74, 6) is 0.509. The van der Waals surface area contributed by atoms with E-state index >= 15 is 0 Å². The molecule has 1 aromatic rings. The second-order valence-electron chi connectivity index (χ2n) is 4.65. The third-order valence-electron chi connectivity index (χ3n) is 3.86. The van der Waals surface area contributed by atoms with Gasteiger partial charge >= 0.3 is 7.12 Å². The van der Waals surface area contributed by atoms with E-state index in [1.54, 1.807) is 0 Å². The average molecular weight is 202 g/mol. The number of hydrogen-bond donors (Lipinski definition) is 1. The normalized spacial score (nSPS) is 34.5. The minimum atomic E-state index is -0.560. The van der Waals surface area contributed by atoms with Crippen LogP contribution in [-0.2, 0) is 10.3 Å². The first-order valence-electron chi connectivity index (χ1n) is 5.73. The second-order valence-corrected chi connectivity index (χ2v) is 4.65. The van der Waals surface area contributed by atoms with Gasteiger partial charge < -0.3 is 9.68 Å². The smallest absolute Gasteiger partial charge is 0.427 e. The van der Waals surface area contributed by atoms with Gasteiger partial charge in [-0.05, 0) is 37.1 Å². The Balaban J connectivity index is 2.02. The molecule has 0 amide bonds. The Morgan fingerprint density at radius 3 is 2.93 bits per heavy atom. The minimum Gasteiger partial charge on any atom is -0.427 e. The van der Waals surface area contributed by atoms with Gasteiger partial charge in [-0.2, -0.15) is 0 Å². The average Bonchev–Trinajstić information content (AvgIpc) is 2.75. The molecule has 2 aliphatic rings. The Kier molecular flexibility index (Phi) is 2.11. The summed E-state index contributed by atoms with van der Waals surface area (Å²) < 4.78 is 5.81. The Hall–Kier alpha value is -0.795. The van der Waals surface area contributed by atoms with Gasteiger partial charge in [0.15, 0.2) is 0 Å². The van der Waals surface area contributed by atoms with Gasteiger partial charge in [0.25, 0.3) is 0 Å². The van der Waals surface area contributed by atoms with Crippen LogP contribution >= 0.6 is 0 Å². The molecule has 1 saturated heterocycles. The summed E-state index contributed by atoms with van der Waals surface area (Å²) in [4.78, 5) is 0. The van der Waals surface area contributed by atoms with E-state index in [1.807, 2.05) is 18.2 Å². The van der Waals surface area contributed by atoms with Crippen molar-refractivity contribution in [3.63, 3.8) is 0 Å². The summed E-state index contributed by atoms with van der Waals surface area (Å²) in [5.41, 5.74) is 1.06. The van der Waals surface area contributed by atoms with Gasteiger partial charge in [0.2, 0.25) is 0 Å². The third-order valence-corrected chi connectivity index (χ3v) is 3.86. The molecule has 15 heavy (non-hydrogen) atoms. The molecule has 1 N–H and O–H groups in total. The highest BCUT2D eigenvalue weighted by Gasteiger charge is 2.53. The lowest BCUT2D eigenvalue weighted by atomic mass is 9.77. The van der Waals surface area contributed by atoms with Crippen molar-refractivity contribution in [2.45, 2.75) is 31.2 Å². The maximum absolute atomic E-state index is 9.64. The fourth-order valence-corrected chi connectivity index (χ4v) is 3.21. The van der Waals surface area contributed by atoms with Gasteiger partial charge in [0.05, 0.1) is 5.60 Å². The van der Waals surface area contributed by atoms with Crippen molar-refractivity contribution in [3.8, 4) is 0 Å². The van der Waals surface area contributed by atoms with E-state index in [9.17, 15) is 5.02 Å². The highest BCUT2D eigenvalue weighted by Crippen LogP contribution is 2.53. The minimum absolute atomic E-state index is 0.180. The molecular formula is C12H15BO2. The predicted molar refractivity (Wildman–Crippen MR) is 59.3 cm³/mol. The van der Waals surface area contributed by atoms with Crippen LogP contribution in [0.1, 0.15) is 24.8 Å². The predicted octanol–water partition coefficient (Wildman–Crippen LogP) is 2.19. The molecule has 3 rings (SSSR count). The molecule has 1 aliphatic carbocycles. The number of hydrogen-bond acceptors (Lipinski definition) is 2. The molecule has 3 heteroatoms. The van der Waals surface area contributed by atoms with Gasteiger partial charge in [0, 0.05) is 0 Å². The van der Waals surface area contributed by atoms with E-state index in [-0.39, 0.29) is 5.60 Å². The molecule has 1 saturated carbocycles. The fraction of sp³-hybridized carbons (Fsp3) is 0.500. The zero-order valence-corrected chi connectivity index (χ0v) is 8.73. The molecule has 0 radical (unpaired) electrons. The molecule has 1 heterocycles. The lowest BCUT2D eigenvalue weighted by Gasteiger charge is -2.30. The zero-order valence-electron chi connectivity index (χ0n) is 8.73. The monoisotopic (exact) mass is 202 g/mol. The molecule has 2 nitrogen and oxygen atoms in total. The lowest BCUT2D eigenvalue weighted by molar-refractivity contribution is 0.0502. The Morgan fingerprint density at radius 1 is 1.33 bits per heavy atom. The van der Waals surface area contributed by atoms with Gasteiger partial charge in [-0.1, -0.05) is 30.3 Å². The van der Waals surface area contributed by atoms with Crippen LogP contribution in [0.15, 0.2) is 30.3 Å². The van der Waals surface area contributed by atoms with Crippen molar-refractivity contribution >= 4 is 7.12 Å². The Bertz CT molecular complexity index is 354. The number of rotatable bonds is 1. The molecule has 0 bridgehead atoms. The molecule has 0 spiro atoms.